The van der Waals surface area contributed by atoms with Crippen molar-refractivity contribution in [2.24, 2.45) is 5.73 Å². The third kappa shape index (κ3) is 3.71. The highest BCUT2D eigenvalue weighted by Crippen LogP contribution is 2.34. The summed E-state index contributed by atoms with van der Waals surface area (Å²) in [5.41, 5.74) is 13.5. The van der Waals surface area contributed by atoms with Crippen LogP contribution in [0.25, 0.3) is 10.9 Å². The van der Waals surface area contributed by atoms with E-state index >= 15 is 0 Å². The van der Waals surface area contributed by atoms with Crippen LogP contribution in [-0.4, -0.2) is 29.7 Å². The molecule has 124 valence electrons. The summed E-state index contributed by atoms with van der Waals surface area (Å²) >= 11 is 0. The van der Waals surface area contributed by atoms with Crippen molar-refractivity contribution >= 4 is 22.6 Å². The summed E-state index contributed by atoms with van der Waals surface area (Å²) in [5.74, 6) is 0.0717. The SMILES string of the molecule is CCOC(=O)c1c(C)nc2cccc(OCC(C)(C)N)c2c1N. The maximum atomic E-state index is 12.2. The molecule has 0 spiro atoms. The minimum atomic E-state index is -0.487. The van der Waals surface area contributed by atoms with Crippen LogP contribution in [-0.2, 0) is 4.74 Å². The molecule has 0 bridgehead atoms. The largest absolute Gasteiger partial charge is 0.491 e. The zero-order chi connectivity index (χ0) is 17.2. The van der Waals surface area contributed by atoms with Gasteiger partial charge in [-0.2, -0.15) is 0 Å². The summed E-state index contributed by atoms with van der Waals surface area (Å²) in [6.45, 7) is 7.81. The number of hydrogen-bond donors (Lipinski definition) is 2. The molecule has 4 N–H and O–H groups in total. The Morgan fingerprint density at radius 1 is 1.35 bits per heavy atom. The van der Waals surface area contributed by atoms with Gasteiger partial charge in [-0.15, -0.1) is 0 Å². The van der Waals surface area contributed by atoms with E-state index < -0.39 is 11.5 Å². The average molecular weight is 317 g/mol. The summed E-state index contributed by atoms with van der Waals surface area (Å²) in [7, 11) is 0. The van der Waals surface area contributed by atoms with Crippen LogP contribution in [0.15, 0.2) is 18.2 Å². The predicted octanol–water partition coefficient (Wildman–Crippen LogP) is 2.42. The van der Waals surface area contributed by atoms with Gasteiger partial charge in [-0.1, -0.05) is 6.07 Å². The molecule has 0 atom stereocenters. The van der Waals surface area contributed by atoms with Crippen LogP contribution in [0, 0.1) is 6.92 Å². The number of nitrogens with two attached hydrogens (primary N) is 2. The molecule has 0 aliphatic rings. The topological polar surface area (TPSA) is 100 Å². The van der Waals surface area contributed by atoms with Crippen LogP contribution in [0.2, 0.25) is 0 Å². The molecule has 23 heavy (non-hydrogen) atoms. The zero-order valence-electron chi connectivity index (χ0n) is 14.0. The Labute approximate surface area is 135 Å². The van der Waals surface area contributed by atoms with Crippen molar-refractivity contribution < 1.29 is 14.3 Å². The number of aromatic nitrogens is 1. The van der Waals surface area contributed by atoms with E-state index in [0.29, 0.717) is 34.6 Å². The molecule has 1 aromatic carbocycles. The molecule has 2 aromatic rings. The van der Waals surface area contributed by atoms with E-state index in [2.05, 4.69) is 4.98 Å². The Hall–Kier alpha value is -2.34. The number of pyridine rings is 1. The monoisotopic (exact) mass is 317 g/mol. The van der Waals surface area contributed by atoms with Gasteiger partial charge in [0.25, 0.3) is 0 Å². The fourth-order valence-corrected chi connectivity index (χ4v) is 2.28. The van der Waals surface area contributed by atoms with Crippen LogP contribution in [0.5, 0.6) is 5.75 Å². The molecule has 6 heteroatoms. The number of nitrogens with zero attached hydrogens (tertiary/aromatic N) is 1. The lowest BCUT2D eigenvalue weighted by Crippen LogP contribution is -2.38. The van der Waals surface area contributed by atoms with Crippen molar-refractivity contribution in [3.05, 3.63) is 29.5 Å². The third-order valence-electron chi connectivity index (χ3n) is 3.27. The van der Waals surface area contributed by atoms with Gasteiger partial charge in [0, 0.05) is 5.54 Å². The highest BCUT2D eigenvalue weighted by molar-refractivity contribution is 6.07. The Balaban J connectivity index is 2.58. The number of ether oxygens (including phenoxy) is 2. The van der Waals surface area contributed by atoms with E-state index in [-0.39, 0.29) is 12.2 Å². The Bertz CT molecular complexity index is 736. The van der Waals surface area contributed by atoms with Crippen molar-refractivity contribution in [2.75, 3.05) is 18.9 Å². The second-order valence-corrected chi connectivity index (χ2v) is 6.13. The smallest absolute Gasteiger partial charge is 0.342 e. The highest BCUT2D eigenvalue weighted by atomic mass is 16.5. The van der Waals surface area contributed by atoms with Crippen LogP contribution < -0.4 is 16.2 Å². The van der Waals surface area contributed by atoms with E-state index in [9.17, 15) is 4.79 Å². The van der Waals surface area contributed by atoms with Gasteiger partial charge in [-0.3, -0.25) is 4.98 Å². The van der Waals surface area contributed by atoms with Gasteiger partial charge in [0.1, 0.15) is 17.9 Å². The average Bonchev–Trinajstić information content (AvgIpc) is 2.44. The number of nitrogen functional groups attached to an aromatic ring is 1. The van der Waals surface area contributed by atoms with Gasteiger partial charge in [0.2, 0.25) is 0 Å². The van der Waals surface area contributed by atoms with Crippen molar-refractivity contribution in [1.82, 2.24) is 4.98 Å². The molecule has 1 heterocycles. The molecule has 0 saturated heterocycles. The quantitative estimate of drug-likeness (QED) is 0.821. The van der Waals surface area contributed by atoms with Gasteiger partial charge >= 0.3 is 5.97 Å². The van der Waals surface area contributed by atoms with Gasteiger partial charge in [-0.25, -0.2) is 4.79 Å². The van der Waals surface area contributed by atoms with Crippen molar-refractivity contribution in [2.45, 2.75) is 33.2 Å². The lowest BCUT2D eigenvalue weighted by Gasteiger charge is -2.20. The maximum Gasteiger partial charge on any atom is 0.342 e. The first-order valence-corrected chi connectivity index (χ1v) is 7.52. The summed E-state index contributed by atoms with van der Waals surface area (Å²) in [6.07, 6.45) is 0. The minimum absolute atomic E-state index is 0.273. The van der Waals surface area contributed by atoms with E-state index in [0.717, 1.165) is 0 Å². The van der Waals surface area contributed by atoms with Crippen molar-refractivity contribution in [3.63, 3.8) is 0 Å². The first-order chi connectivity index (χ1) is 10.7. The number of hydrogen-bond acceptors (Lipinski definition) is 6. The highest BCUT2D eigenvalue weighted by Gasteiger charge is 2.21. The summed E-state index contributed by atoms with van der Waals surface area (Å²) < 4.78 is 10.9. The fraction of sp³-hybridized carbons (Fsp3) is 0.412. The van der Waals surface area contributed by atoms with Crippen molar-refractivity contribution in [1.29, 1.82) is 0 Å². The Morgan fingerprint density at radius 2 is 2.04 bits per heavy atom. The van der Waals surface area contributed by atoms with Gasteiger partial charge in [0.05, 0.1) is 28.9 Å². The second-order valence-electron chi connectivity index (χ2n) is 6.13. The minimum Gasteiger partial charge on any atom is -0.491 e. The van der Waals surface area contributed by atoms with Crippen LogP contribution >= 0.6 is 0 Å². The molecule has 1 aromatic heterocycles. The van der Waals surface area contributed by atoms with E-state index in [1.807, 2.05) is 26.0 Å². The second kappa shape index (κ2) is 6.42. The first-order valence-electron chi connectivity index (χ1n) is 7.52. The Kier molecular flexibility index (Phi) is 4.75. The number of carbonyl (C=O) groups excluding carboxylic acids is 1. The molecule has 6 nitrogen and oxygen atoms in total. The lowest BCUT2D eigenvalue weighted by molar-refractivity contribution is 0.0526. The molecular weight excluding hydrogens is 294 g/mol. The standard InChI is InChI=1S/C17H23N3O3/c1-5-22-16(21)13-10(2)20-11-7-6-8-12(14(11)15(13)18)23-9-17(3,4)19/h6-8H,5,9,19H2,1-4H3,(H2,18,20). The van der Waals surface area contributed by atoms with E-state index in [4.69, 9.17) is 20.9 Å². The normalized spacial score (nSPS) is 11.5. The number of anilines is 1. The zero-order valence-corrected chi connectivity index (χ0v) is 14.0. The summed E-state index contributed by atoms with van der Waals surface area (Å²) in [4.78, 5) is 16.6. The molecule has 0 aliphatic carbocycles. The number of carbonyl (C=O) groups is 1. The number of aryl methyl sites for hydroxylation is 1. The van der Waals surface area contributed by atoms with Gasteiger partial charge in [0.15, 0.2) is 0 Å². The molecule has 0 fully saturated rings. The van der Waals surface area contributed by atoms with E-state index in [1.54, 1.807) is 19.9 Å². The molecule has 2 rings (SSSR count). The lowest BCUT2D eigenvalue weighted by atomic mass is 10.1. The molecule has 0 saturated carbocycles. The molecule has 0 radical (unpaired) electrons. The number of fused-ring (bicyclic) bond motifs is 1. The predicted molar refractivity (Wildman–Crippen MR) is 90.6 cm³/mol. The third-order valence-corrected chi connectivity index (χ3v) is 3.27. The molecule has 0 unspecified atom stereocenters. The molecule has 0 aliphatic heterocycles. The summed E-state index contributed by atoms with van der Waals surface area (Å²) in [5, 5.41) is 0.602. The molecular formula is C17H23N3O3. The van der Waals surface area contributed by atoms with Gasteiger partial charge in [-0.05, 0) is 39.8 Å². The van der Waals surface area contributed by atoms with E-state index in [1.165, 1.54) is 0 Å². The van der Waals surface area contributed by atoms with Gasteiger partial charge < -0.3 is 20.9 Å². The summed E-state index contributed by atoms with van der Waals surface area (Å²) in [6, 6.07) is 5.45. The van der Waals surface area contributed by atoms with Crippen LogP contribution in [0.1, 0.15) is 36.8 Å². The van der Waals surface area contributed by atoms with Crippen LogP contribution in [0.3, 0.4) is 0 Å². The number of rotatable bonds is 5. The first kappa shape index (κ1) is 17.0. The van der Waals surface area contributed by atoms with Crippen molar-refractivity contribution in [3.8, 4) is 5.75 Å². The van der Waals surface area contributed by atoms with Crippen LogP contribution in [0.4, 0.5) is 5.69 Å². The number of benzene rings is 1. The maximum absolute atomic E-state index is 12.2. The molecule has 0 amide bonds. The Morgan fingerprint density at radius 3 is 2.65 bits per heavy atom. The number of esters is 1. The fourth-order valence-electron chi connectivity index (χ4n) is 2.28.